The molecule has 0 bridgehead atoms. The van der Waals surface area contributed by atoms with E-state index >= 15 is 0 Å². The maximum atomic E-state index is 12.7. The Hall–Kier alpha value is -3.39. The van der Waals surface area contributed by atoms with E-state index in [-0.39, 0.29) is 28.2 Å². The van der Waals surface area contributed by atoms with Crippen LogP contribution in [0.4, 0.5) is 17.1 Å². The number of nitrogens with one attached hydrogen (secondary N) is 1. The number of ether oxygens (including phenoxy) is 1. The molecule has 28 heavy (non-hydrogen) atoms. The van der Waals surface area contributed by atoms with Crippen LogP contribution in [0.3, 0.4) is 0 Å². The average molecular weight is 402 g/mol. The summed E-state index contributed by atoms with van der Waals surface area (Å²) in [5.74, 6) is -0.792. The molecule has 2 aromatic rings. The van der Waals surface area contributed by atoms with Crippen molar-refractivity contribution in [3.63, 3.8) is 0 Å². The minimum Gasteiger partial charge on any atom is -0.491 e. The highest BCUT2D eigenvalue weighted by Gasteiger charge is 2.39. The molecule has 8 nitrogen and oxygen atoms in total. The number of rotatable bonds is 6. The van der Waals surface area contributed by atoms with E-state index in [0.717, 1.165) is 11.0 Å². The van der Waals surface area contributed by atoms with Gasteiger partial charge in [0.25, 0.3) is 17.5 Å². The van der Waals surface area contributed by atoms with Gasteiger partial charge >= 0.3 is 0 Å². The van der Waals surface area contributed by atoms with E-state index in [4.69, 9.17) is 16.3 Å². The molecule has 0 saturated carbocycles. The Labute approximate surface area is 165 Å². The molecule has 0 saturated heterocycles. The van der Waals surface area contributed by atoms with Gasteiger partial charge in [0.05, 0.1) is 16.7 Å². The first kappa shape index (κ1) is 19.4. The third kappa shape index (κ3) is 3.81. The predicted octanol–water partition coefficient (Wildman–Crippen LogP) is 3.82. The molecule has 0 aliphatic carbocycles. The highest BCUT2D eigenvalue weighted by atomic mass is 35.5. The van der Waals surface area contributed by atoms with E-state index in [0.29, 0.717) is 11.4 Å². The van der Waals surface area contributed by atoms with Gasteiger partial charge in [0.1, 0.15) is 16.5 Å². The Bertz CT molecular complexity index is 985. The number of nitro groups is 1. The second-order valence-corrected chi connectivity index (χ2v) is 6.61. The lowest BCUT2D eigenvalue weighted by Gasteiger charge is -2.15. The number of hydrogen-bond acceptors (Lipinski definition) is 6. The van der Waals surface area contributed by atoms with Crippen molar-refractivity contribution in [2.45, 2.75) is 20.0 Å². The summed E-state index contributed by atoms with van der Waals surface area (Å²) in [7, 11) is 0. The number of anilines is 2. The lowest BCUT2D eigenvalue weighted by atomic mass is 10.2. The standard InChI is InChI=1S/C19H16ClN3O5/c1-11(2)28-15-8-6-12(7-9-15)21-17-16(20)18(24)22(19(17)25)13-4-3-5-14(10-13)23(26)27/h3-11,21H,1-2H3. The molecule has 3 rings (SSSR count). The highest BCUT2D eigenvalue weighted by Crippen LogP contribution is 2.32. The second-order valence-electron chi connectivity index (χ2n) is 6.23. The molecule has 0 spiro atoms. The second kappa shape index (κ2) is 7.69. The van der Waals surface area contributed by atoms with Gasteiger partial charge in [-0.15, -0.1) is 0 Å². The van der Waals surface area contributed by atoms with Crippen LogP contribution >= 0.6 is 11.6 Å². The molecule has 0 atom stereocenters. The van der Waals surface area contributed by atoms with Crippen LogP contribution < -0.4 is 15.0 Å². The summed E-state index contributed by atoms with van der Waals surface area (Å²) in [5, 5.41) is 13.5. The quantitative estimate of drug-likeness (QED) is 0.448. The van der Waals surface area contributed by atoms with E-state index < -0.39 is 16.7 Å². The van der Waals surface area contributed by atoms with E-state index in [1.807, 2.05) is 13.8 Å². The van der Waals surface area contributed by atoms with Crippen molar-refractivity contribution in [2.75, 3.05) is 10.2 Å². The number of nitrogens with zero attached hydrogens (tertiary/aromatic N) is 2. The Morgan fingerprint density at radius 1 is 1.11 bits per heavy atom. The molecule has 2 aromatic carbocycles. The smallest absolute Gasteiger partial charge is 0.283 e. The van der Waals surface area contributed by atoms with E-state index in [1.54, 1.807) is 24.3 Å². The van der Waals surface area contributed by atoms with Gasteiger partial charge in [0.15, 0.2) is 0 Å². The topological polar surface area (TPSA) is 102 Å². The molecule has 2 amide bonds. The molecule has 0 aromatic heterocycles. The van der Waals surface area contributed by atoms with Crippen LogP contribution in [0.1, 0.15) is 13.8 Å². The maximum Gasteiger partial charge on any atom is 0.283 e. The van der Waals surface area contributed by atoms with Crippen LogP contribution in [0.25, 0.3) is 0 Å². The SMILES string of the molecule is CC(C)Oc1ccc(NC2=C(Cl)C(=O)N(c3cccc([N+](=O)[O-])c3)C2=O)cc1. The molecule has 1 heterocycles. The first-order valence-corrected chi connectivity index (χ1v) is 8.72. The minimum absolute atomic E-state index is 0.0217. The zero-order chi connectivity index (χ0) is 20.4. The van der Waals surface area contributed by atoms with Crippen molar-refractivity contribution in [3.05, 3.63) is 69.4 Å². The number of hydrogen-bond donors (Lipinski definition) is 1. The van der Waals surface area contributed by atoms with Crippen LogP contribution in [0.15, 0.2) is 59.3 Å². The van der Waals surface area contributed by atoms with Gasteiger partial charge in [-0.25, -0.2) is 4.90 Å². The van der Waals surface area contributed by atoms with Crippen LogP contribution in [-0.2, 0) is 9.59 Å². The third-order valence-corrected chi connectivity index (χ3v) is 4.17. The maximum absolute atomic E-state index is 12.7. The Balaban J connectivity index is 1.83. The summed E-state index contributed by atoms with van der Waals surface area (Å²) in [5.41, 5.74) is 0.262. The largest absolute Gasteiger partial charge is 0.491 e. The first-order valence-electron chi connectivity index (χ1n) is 8.34. The average Bonchev–Trinajstić information content (AvgIpc) is 2.86. The van der Waals surface area contributed by atoms with Crippen LogP contribution in [0.5, 0.6) is 5.75 Å². The summed E-state index contributed by atoms with van der Waals surface area (Å²) in [6.45, 7) is 3.81. The Kier molecular flexibility index (Phi) is 5.32. The highest BCUT2D eigenvalue weighted by molar-refractivity contribution is 6.53. The van der Waals surface area contributed by atoms with Gasteiger partial charge < -0.3 is 10.1 Å². The predicted molar refractivity (Wildman–Crippen MR) is 104 cm³/mol. The Morgan fingerprint density at radius 2 is 1.79 bits per heavy atom. The van der Waals surface area contributed by atoms with E-state index in [1.165, 1.54) is 18.2 Å². The molecule has 1 aliphatic heterocycles. The summed E-state index contributed by atoms with van der Waals surface area (Å²) in [6, 6.07) is 12.0. The monoisotopic (exact) mass is 401 g/mol. The summed E-state index contributed by atoms with van der Waals surface area (Å²) in [4.78, 5) is 36.3. The molecular weight excluding hydrogens is 386 g/mol. The molecule has 9 heteroatoms. The molecule has 0 radical (unpaired) electrons. The molecule has 1 N–H and O–H groups in total. The first-order chi connectivity index (χ1) is 13.3. The van der Waals surface area contributed by atoms with Crippen molar-refractivity contribution >= 4 is 40.5 Å². The van der Waals surface area contributed by atoms with Gasteiger partial charge in [-0.1, -0.05) is 17.7 Å². The minimum atomic E-state index is -0.755. The third-order valence-electron chi connectivity index (χ3n) is 3.82. The number of benzene rings is 2. The molecule has 0 unspecified atom stereocenters. The van der Waals surface area contributed by atoms with E-state index in [9.17, 15) is 19.7 Å². The number of halogens is 1. The number of amides is 2. The lowest BCUT2D eigenvalue weighted by Crippen LogP contribution is -2.32. The molecule has 1 aliphatic rings. The molecule has 0 fully saturated rings. The summed E-state index contributed by atoms with van der Waals surface area (Å²) < 4.78 is 5.55. The van der Waals surface area contributed by atoms with Crippen molar-refractivity contribution in [2.24, 2.45) is 0 Å². The fraction of sp³-hybridized carbons (Fsp3) is 0.158. The van der Waals surface area contributed by atoms with Crippen molar-refractivity contribution in [3.8, 4) is 5.75 Å². The number of carbonyl (C=O) groups excluding carboxylic acids is 2. The van der Waals surface area contributed by atoms with Gasteiger partial charge in [-0.3, -0.25) is 19.7 Å². The molecule has 144 valence electrons. The fourth-order valence-electron chi connectivity index (χ4n) is 2.62. The van der Waals surface area contributed by atoms with E-state index in [2.05, 4.69) is 5.32 Å². The number of imide groups is 1. The van der Waals surface area contributed by atoms with Gasteiger partial charge in [-0.05, 0) is 44.2 Å². The van der Waals surface area contributed by atoms with Crippen LogP contribution in [-0.4, -0.2) is 22.8 Å². The summed E-state index contributed by atoms with van der Waals surface area (Å²) >= 11 is 6.07. The van der Waals surface area contributed by atoms with Gasteiger partial charge in [0.2, 0.25) is 0 Å². The Morgan fingerprint density at radius 3 is 2.39 bits per heavy atom. The van der Waals surface area contributed by atoms with Gasteiger partial charge in [-0.2, -0.15) is 0 Å². The zero-order valence-corrected chi connectivity index (χ0v) is 15.8. The van der Waals surface area contributed by atoms with Gasteiger partial charge in [0, 0.05) is 17.8 Å². The van der Waals surface area contributed by atoms with Crippen molar-refractivity contribution in [1.82, 2.24) is 0 Å². The lowest BCUT2D eigenvalue weighted by molar-refractivity contribution is -0.384. The van der Waals surface area contributed by atoms with Crippen molar-refractivity contribution < 1.29 is 19.2 Å². The normalized spacial score (nSPS) is 14.1. The number of nitro benzene ring substituents is 1. The number of carbonyl (C=O) groups is 2. The number of non-ortho nitro benzene ring substituents is 1. The molecular formula is C19H16ClN3O5. The van der Waals surface area contributed by atoms with Crippen LogP contribution in [0, 0.1) is 10.1 Å². The fourth-order valence-corrected chi connectivity index (χ4v) is 2.84. The summed E-state index contributed by atoms with van der Waals surface area (Å²) in [6.07, 6.45) is 0.0217. The zero-order valence-electron chi connectivity index (χ0n) is 15.0. The van der Waals surface area contributed by atoms with Crippen LogP contribution in [0.2, 0.25) is 0 Å². The van der Waals surface area contributed by atoms with Crippen molar-refractivity contribution in [1.29, 1.82) is 0 Å².